The van der Waals surface area contributed by atoms with Gasteiger partial charge in [-0.15, -0.1) is 0 Å². The Bertz CT molecular complexity index is 186. The number of amides is 1. The van der Waals surface area contributed by atoms with Crippen molar-refractivity contribution >= 4 is 5.91 Å². The number of rotatable bonds is 1. The first-order valence-corrected chi connectivity index (χ1v) is 4.64. The van der Waals surface area contributed by atoms with Crippen LogP contribution in [0.2, 0.25) is 0 Å². The first kappa shape index (κ1) is 9.30. The Hall–Kier alpha value is -0.790. The van der Waals surface area contributed by atoms with Gasteiger partial charge in [0.05, 0.1) is 0 Å². The van der Waals surface area contributed by atoms with Crippen LogP contribution in [0.5, 0.6) is 0 Å². The van der Waals surface area contributed by atoms with E-state index < -0.39 is 0 Å². The summed E-state index contributed by atoms with van der Waals surface area (Å²) >= 11 is 0. The largest absolute Gasteiger partial charge is 0.339 e. The van der Waals surface area contributed by atoms with Crippen LogP contribution in [0.3, 0.4) is 0 Å². The molecule has 0 aromatic heterocycles. The van der Waals surface area contributed by atoms with E-state index in [-0.39, 0.29) is 5.91 Å². The quantitative estimate of drug-likeness (QED) is 0.547. The molecule has 0 aliphatic carbocycles. The molecule has 0 radical (unpaired) electrons. The van der Waals surface area contributed by atoms with E-state index in [4.69, 9.17) is 0 Å². The number of piperidine rings is 1. The fourth-order valence-electron chi connectivity index (χ4n) is 1.45. The highest BCUT2D eigenvalue weighted by Gasteiger charge is 2.13. The Morgan fingerprint density at radius 3 is 2.25 bits per heavy atom. The van der Waals surface area contributed by atoms with Gasteiger partial charge in [-0.2, -0.15) is 0 Å². The zero-order valence-electron chi connectivity index (χ0n) is 7.97. The Labute approximate surface area is 74.2 Å². The lowest BCUT2D eigenvalue weighted by molar-refractivity contribution is -0.126. The van der Waals surface area contributed by atoms with Crippen LogP contribution in [-0.4, -0.2) is 23.9 Å². The van der Waals surface area contributed by atoms with E-state index in [2.05, 4.69) is 0 Å². The van der Waals surface area contributed by atoms with Crippen molar-refractivity contribution in [2.24, 2.45) is 0 Å². The molecule has 1 aliphatic heterocycles. The lowest BCUT2D eigenvalue weighted by Gasteiger charge is -2.25. The fourth-order valence-corrected chi connectivity index (χ4v) is 1.45. The first-order chi connectivity index (χ1) is 5.70. The van der Waals surface area contributed by atoms with Crippen LogP contribution in [0.1, 0.15) is 33.1 Å². The Morgan fingerprint density at radius 1 is 1.17 bits per heavy atom. The normalized spacial score (nSPS) is 17.3. The van der Waals surface area contributed by atoms with Gasteiger partial charge in [0, 0.05) is 19.2 Å². The lowest BCUT2D eigenvalue weighted by atomic mass is 10.1. The number of carbonyl (C=O) groups is 1. The molecule has 0 atom stereocenters. The summed E-state index contributed by atoms with van der Waals surface area (Å²) in [6, 6.07) is 0. The second-order valence-corrected chi connectivity index (χ2v) is 3.61. The minimum atomic E-state index is 0.190. The molecule has 0 saturated carbocycles. The number of hydrogen-bond acceptors (Lipinski definition) is 1. The highest BCUT2D eigenvalue weighted by Crippen LogP contribution is 2.09. The molecule has 2 heteroatoms. The molecular weight excluding hydrogens is 150 g/mol. The van der Waals surface area contributed by atoms with Gasteiger partial charge in [-0.05, 0) is 33.1 Å². The predicted molar refractivity (Wildman–Crippen MR) is 49.9 cm³/mol. The third kappa shape index (κ3) is 2.68. The van der Waals surface area contributed by atoms with Gasteiger partial charge in [0.15, 0.2) is 0 Å². The second-order valence-electron chi connectivity index (χ2n) is 3.61. The molecular formula is C10H17NO. The van der Waals surface area contributed by atoms with E-state index in [1.54, 1.807) is 6.08 Å². The van der Waals surface area contributed by atoms with Crippen LogP contribution >= 0.6 is 0 Å². The van der Waals surface area contributed by atoms with E-state index in [1.165, 1.54) is 19.3 Å². The number of hydrogen-bond donors (Lipinski definition) is 0. The number of carbonyl (C=O) groups excluding carboxylic acids is 1. The topological polar surface area (TPSA) is 20.3 Å². The summed E-state index contributed by atoms with van der Waals surface area (Å²) in [5.74, 6) is 0.190. The molecule has 1 rings (SSSR count). The SMILES string of the molecule is CC(C)=CC(=O)N1CCCCC1. The van der Waals surface area contributed by atoms with E-state index in [0.29, 0.717) is 0 Å². The average molecular weight is 167 g/mol. The van der Waals surface area contributed by atoms with Crippen LogP contribution in [0.4, 0.5) is 0 Å². The van der Waals surface area contributed by atoms with Crippen molar-refractivity contribution in [3.8, 4) is 0 Å². The van der Waals surface area contributed by atoms with Crippen LogP contribution in [0.25, 0.3) is 0 Å². The van der Waals surface area contributed by atoms with Crippen molar-refractivity contribution in [1.82, 2.24) is 4.90 Å². The molecule has 0 unspecified atom stereocenters. The smallest absolute Gasteiger partial charge is 0.246 e. The molecule has 1 fully saturated rings. The Balaban J connectivity index is 2.45. The van der Waals surface area contributed by atoms with Gasteiger partial charge in [0.25, 0.3) is 0 Å². The van der Waals surface area contributed by atoms with Gasteiger partial charge in [0.2, 0.25) is 5.91 Å². The van der Waals surface area contributed by atoms with Crippen LogP contribution in [0, 0.1) is 0 Å². The third-order valence-corrected chi connectivity index (χ3v) is 2.08. The summed E-state index contributed by atoms with van der Waals surface area (Å²) in [4.78, 5) is 13.4. The van der Waals surface area contributed by atoms with Crippen LogP contribution in [0.15, 0.2) is 11.6 Å². The molecule has 1 saturated heterocycles. The molecule has 0 bridgehead atoms. The molecule has 2 nitrogen and oxygen atoms in total. The molecule has 0 aromatic rings. The van der Waals surface area contributed by atoms with Crippen LogP contribution < -0.4 is 0 Å². The van der Waals surface area contributed by atoms with Crippen molar-refractivity contribution < 1.29 is 4.79 Å². The van der Waals surface area contributed by atoms with E-state index in [0.717, 1.165) is 18.7 Å². The van der Waals surface area contributed by atoms with Crippen molar-refractivity contribution in [3.63, 3.8) is 0 Å². The molecule has 0 N–H and O–H groups in total. The lowest BCUT2D eigenvalue weighted by Crippen LogP contribution is -2.34. The molecule has 12 heavy (non-hydrogen) atoms. The Morgan fingerprint density at radius 2 is 1.75 bits per heavy atom. The molecule has 0 aromatic carbocycles. The number of likely N-dealkylation sites (tertiary alicyclic amines) is 1. The van der Waals surface area contributed by atoms with Crippen molar-refractivity contribution in [3.05, 3.63) is 11.6 Å². The number of allylic oxidation sites excluding steroid dienone is 1. The fraction of sp³-hybridized carbons (Fsp3) is 0.700. The van der Waals surface area contributed by atoms with E-state index in [1.807, 2.05) is 18.7 Å². The highest BCUT2D eigenvalue weighted by atomic mass is 16.2. The van der Waals surface area contributed by atoms with Crippen LogP contribution in [-0.2, 0) is 4.79 Å². The molecule has 1 amide bonds. The molecule has 1 aliphatic rings. The average Bonchev–Trinajstić information content (AvgIpc) is 2.05. The summed E-state index contributed by atoms with van der Waals surface area (Å²) in [7, 11) is 0. The van der Waals surface area contributed by atoms with Crippen molar-refractivity contribution in [2.75, 3.05) is 13.1 Å². The highest BCUT2D eigenvalue weighted by molar-refractivity contribution is 5.88. The minimum absolute atomic E-state index is 0.190. The van der Waals surface area contributed by atoms with Crippen molar-refractivity contribution in [2.45, 2.75) is 33.1 Å². The van der Waals surface area contributed by atoms with Gasteiger partial charge in [-0.1, -0.05) is 5.57 Å². The summed E-state index contributed by atoms with van der Waals surface area (Å²) in [5, 5.41) is 0. The third-order valence-electron chi connectivity index (χ3n) is 2.08. The van der Waals surface area contributed by atoms with Gasteiger partial charge in [-0.3, -0.25) is 4.79 Å². The predicted octanol–water partition coefficient (Wildman–Crippen LogP) is 1.97. The maximum atomic E-state index is 11.5. The molecule has 68 valence electrons. The van der Waals surface area contributed by atoms with Gasteiger partial charge in [-0.25, -0.2) is 0 Å². The van der Waals surface area contributed by atoms with Crippen molar-refractivity contribution in [1.29, 1.82) is 0 Å². The molecule has 1 heterocycles. The van der Waals surface area contributed by atoms with E-state index in [9.17, 15) is 4.79 Å². The monoisotopic (exact) mass is 167 g/mol. The maximum Gasteiger partial charge on any atom is 0.246 e. The van der Waals surface area contributed by atoms with Gasteiger partial charge in [0.1, 0.15) is 0 Å². The summed E-state index contributed by atoms with van der Waals surface area (Å²) in [6.45, 7) is 5.81. The van der Waals surface area contributed by atoms with E-state index >= 15 is 0 Å². The first-order valence-electron chi connectivity index (χ1n) is 4.64. The minimum Gasteiger partial charge on any atom is -0.339 e. The zero-order chi connectivity index (χ0) is 8.97. The van der Waals surface area contributed by atoms with Gasteiger partial charge >= 0.3 is 0 Å². The summed E-state index contributed by atoms with van der Waals surface area (Å²) in [6.07, 6.45) is 5.34. The second kappa shape index (κ2) is 4.29. The summed E-state index contributed by atoms with van der Waals surface area (Å²) < 4.78 is 0. The van der Waals surface area contributed by atoms with Gasteiger partial charge < -0.3 is 4.90 Å². The standard InChI is InChI=1S/C10H17NO/c1-9(2)8-10(12)11-6-4-3-5-7-11/h8H,3-7H2,1-2H3. The zero-order valence-corrected chi connectivity index (χ0v) is 7.97. The summed E-state index contributed by atoms with van der Waals surface area (Å²) in [5.41, 5.74) is 1.09. The molecule has 0 spiro atoms. The maximum absolute atomic E-state index is 11.5. The number of nitrogens with zero attached hydrogens (tertiary/aromatic N) is 1. The Kier molecular flexibility index (Phi) is 3.32.